The molecule has 650 valence electrons. The third-order valence-corrected chi connectivity index (χ3v) is 23.7. The van der Waals surface area contributed by atoms with Crippen molar-refractivity contribution in [3.63, 3.8) is 0 Å². The quantitative estimate of drug-likeness (QED) is 0.0177. The Morgan fingerprint density at radius 2 is 0.682 bits per heavy atom. The number of benzene rings is 7. The van der Waals surface area contributed by atoms with Crippen molar-refractivity contribution in [1.82, 2.24) is 39.9 Å². The van der Waals surface area contributed by atoms with Gasteiger partial charge in [0.25, 0.3) is 0 Å². The van der Waals surface area contributed by atoms with Crippen molar-refractivity contribution in [2.75, 3.05) is 26.6 Å². The van der Waals surface area contributed by atoms with E-state index in [2.05, 4.69) is 175 Å². The van der Waals surface area contributed by atoms with Crippen LogP contribution in [0.2, 0.25) is 0 Å². The first-order chi connectivity index (χ1) is 62.5. The predicted molar refractivity (Wildman–Crippen MR) is 528 cm³/mol. The molecule has 0 atom stereocenters. The van der Waals surface area contributed by atoms with E-state index in [1.807, 2.05) is 105 Å². The van der Waals surface area contributed by atoms with Crippen LogP contribution in [0.1, 0.15) is 150 Å². The second kappa shape index (κ2) is 45.7. The van der Waals surface area contributed by atoms with E-state index in [9.17, 15) is 24.0 Å². The van der Waals surface area contributed by atoms with Crippen molar-refractivity contribution in [2.45, 2.75) is 93.4 Å². The lowest BCUT2D eigenvalue weighted by Crippen LogP contribution is -2.07. The van der Waals surface area contributed by atoms with Crippen molar-refractivity contribution < 1.29 is 44.4 Å². The first-order valence-electron chi connectivity index (χ1n) is 41.5. The summed E-state index contributed by atoms with van der Waals surface area (Å²) in [5.41, 5.74) is 19.1. The minimum absolute atomic E-state index is 0.00681. The molecule has 8 heterocycles. The Morgan fingerprint density at radius 1 is 0.357 bits per heavy atom. The second-order valence-corrected chi connectivity index (χ2v) is 33.0. The topological polar surface area (TPSA) is 330 Å². The molecule has 7 aromatic carbocycles. The zero-order valence-electron chi connectivity index (χ0n) is 72.0. The van der Waals surface area contributed by atoms with E-state index in [1.54, 1.807) is 119 Å². The number of aryl methyl sites for hydroxylation is 4. The number of aliphatic carboxylic acids is 1. The maximum absolute atomic E-state index is 11.3. The molecule has 0 spiro atoms. The number of carbonyl (C=O) groups excluding carboxylic acids is 1. The number of amides is 1. The van der Waals surface area contributed by atoms with Crippen molar-refractivity contribution in [2.24, 2.45) is 0 Å². The molecule has 0 radical (unpaired) electrons. The number of carboxylic acids is 4. The molecule has 0 unspecified atom stereocenters. The Bertz CT molecular complexity index is 6530. The van der Waals surface area contributed by atoms with E-state index < -0.39 is 23.9 Å². The summed E-state index contributed by atoms with van der Waals surface area (Å²) in [7, 11) is 0. The summed E-state index contributed by atoms with van der Waals surface area (Å²) < 4.78 is 0. The molecule has 0 bridgehead atoms. The Balaban J connectivity index is 0.000000156. The molecule has 1 amide bonds. The zero-order chi connectivity index (χ0) is 91.3. The van der Waals surface area contributed by atoms with Crippen LogP contribution in [0.4, 0.5) is 51.0 Å². The highest BCUT2D eigenvalue weighted by Gasteiger charge is 2.21. The molecule has 15 rings (SSSR count). The lowest BCUT2D eigenvalue weighted by Gasteiger charge is -2.15. The Hall–Kier alpha value is -15.1. The summed E-state index contributed by atoms with van der Waals surface area (Å²) in [6, 6.07) is 67.7. The third-order valence-electron chi connectivity index (χ3n) is 19.9. The molecule has 8 aromatic heterocycles. The van der Waals surface area contributed by atoms with Gasteiger partial charge in [0.2, 0.25) is 5.91 Å². The lowest BCUT2D eigenvalue weighted by atomic mass is 10.1. The number of hydrogen-bond donors (Lipinski definition) is 9. The number of rotatable bonds is 32. The standard InChI is InChI=1S/C28H25N3O2S.C27H23N3O2S.C26H23N3O2S.C22H24N4O3S/c1-3-8-23-24(4-2)30-27(31-26(23)29-22-15-13-21(14-16-22)28(32)33)25-17-20(18-34-25)12-11-19-9-6-5-7-10-19;1-3-7-23-18(2)28-26(30-25(23)29-22-14-12-21(13-15-22)27(31)32)24-16-20(17-33-24)11-10-19-8-5-4-6-9-19;1-3-22-17(2)27-25(29-24(22)28-21-13-11-20(12-14-21)26(30)31)23-15-19(16-32-23)10-9-18-7-5-4-6-8-18;1-4-16-17(5-2)25-22(18-10-11-19(30-18)23-13(3)27)26-21(16)24-15-8-6-14(7-9-15)12-20(28)29/h3,5-7,9-18H,1,4,8H2,2H3,(H,32,33)(H,29,30,31);3-6,8-17H,1,7H2,2H3,(H,31,32)(H,28,29,30);4-16H,3H2,1-2H3,(H,30,31)(H,27,28,29);6-11H,4-5,12H2,1-3H3,(H,23,27)(H,28,29)(H,24,25,26)/b12-11+;11-10+;10-9+;. The van der Waals surface area contributed by atoms with Crippen molar-refractivity contribution in [3.8, 4) is 42.8 Å². The van der Waals surface area contributed by atoms with Gasteiger partial charge in [0, 0.05) is 74.7 Å². The highest BCUT2D eigenvalue weighted by atomic mass is 32.1. The minimum atomic E-state index is -0.955. The number of anilines is 9. The van der Waals surface area contributed by atoms with Gasteiger partial charge >= 0.3 is 23.9 Å². The third kappa shape index (κ3) is 26.3. The van der Waals surface area contributed by atoms with Crippen LogP contribution in [0.3, 0.4) is 0 Å². The van der Waals surface area contributed by atoms with Crippen LogP contribution in [0.25, 0.3) is 79.3 Å². The summed E-state index contributed by atoms with van der Waals surface area (Å²) in [6.45, 7) is 21.4. The molecular weight excluding hydrogens is 1690 g/mol. The summed E-state index contributed by atoms with van der Waals surface area (Å²) in [5, 5.41) is 59.5. The van der Waals surface area contributed by atoms with Crippen molar-refractivity contribution in [1.29, 1.82) is 0 Å². The van der Waals surface area contributed by atoms with Crippen LogP contribution < -0.4 is 26.6 Å². The van der Waals surface area contributed by atoms with Gasteiger partial charge in [-0.15, -0.1) is 58.5 Å². The Morgan fingerprint density at radius 3 is 1.04 bits per heavy atom. The number of carbonyl (C=O) groups is 5. The van der Waals surface area contributed by atoms with E-state index in [1.165, 1.54) is 18.3 Å². The molecule has 0 aliphatic carbocycles. The number of aromatic carboxylic acids is 3. The second-order valence-electron chi connectivity index (χ2n) is 29.2. The van der Waals surface area contributed by atoms with Gasteiger partial charge in [-0.3, -0.25) is 9.59 Å². The van der Waals surface area contributed by atoms with Gasteiger partial charge in [-0.2, -0.15) is 0 Å². The van der Waals surface area contributed by atoms with Gasteiger partial charge in [-0.1, -0.05) is 179 Å². The molecule has 15 aromatic rings. The lowest BCUT2D eigenvalue weighted by molar-refractivity contribution is -0.136. The van der Waals surface area contributed by atoms with E-state index in [0.29, 0.717) is 47.8 Å². The van der Waals surface area contributed by atoms with E-state index in [0.717, 1.165) is 169 Å². The fraction of sp³-hybridized carbons (Fsp3) is 0.136. The van der Waals surface area contributed by atoms with Gasteiger partial charge in [0.05, 0.1) is 47.6 Å². The molecule has 129 heavy (non-hydrogen) atoms. The SMILES string of the molecule is C=CCc1c(C)nc(-c2cc(/C=C/c3ccccc3)cs2)nc1Nc1ccc(C(=O)O)cc1.C=CCc1c(CC)nc(-c2cc(/C=C/c3ccccc3)cs2)nc1Nc1ccc(C(=O)O)cc1.CCc1c(C)nc(-c2cc(/C=C/c3ccccc3)cs2)nc1Nc1ccc(C(=O)O)cc1.CCc1nc(-c2ccc(NC(C)=O)s2)nc(Nc2ccc(CC(=O)O)cc2)c1CC. The highest BCUT2D eigenvalue weighted by molar-refractivity contribution is 7.19. The van der Waals surface area contributed by atoms with Crippen LogP contribution in [0.15, 0.2) is 260 Å². The number of aromatic nitrogens is 8. The maximum Gasteiger partial charge on any atom is 0.335 e. The Labute approximate surface area is 764 Å². The van der Waals surface area contributed by atoms with Crippen LogP contribution in [-0.2, 0) is 54.5 Å². The number of allylic oxidation sites excluding steroid dienone is 2. The molecule has 26 heteroatoms. The normalized spacial score (nSPS) is 10.9. The first-order valence-corrected chi connectivity index (χ1v) is 45.0. The highest BCUT2D eigenvalue weighted by Crippen LogP contribution is 2.37. The molecule has 0 aliphatic rings. The number of nitrogens with one attached hydrogen (secondary N) is 5. The van der Waals surface area contributed by atoms with Crippen molar-refractivity contribution >= 4 is 163 Å². The molecule has 9 N–H and O–H groups in total. The maximum atomic E-state index is 11.3. The monoisotopic (exact) mass is 1790 g/mol. The van der Waals surface area contributed by atoms with E-state index >= 15 is 0 Å². The van der Waals surface area contributed by atoms with Gasteiger partial charge in [-0.05, 0) is 223 Å². The number of hydrogen-bond acceptors (Lipinski definition) is 21. The van der Waals surface area contributed by atoms with Gasteiger partial charge in [0.15, 0.2) is 23.3 Å². The van der Waals surface area contributed by atoms with Crippen LogP contribution >= 0.6 is 45.3 Å². The minimum Gasteiger partial charge on any atom is -0.481 e. The van der Waals surface area contributed by atoms with E-state index in [4.69, 9.17) is 60.3 Å². The molecule has 22 nitrogen and oxygen atoms in total. The molecule has 0 aliphatic heterocycles. The molecule has 0 saturated carbocycles. The van der Waals surface area contributed by atoms with Gasteiger partial charge in [-0.25, -0.2) is 54.3 Å². The molecular formula is C103H95N13O9S4. The largest absolute Gasteiger partial charge is 0.481 e. The van der Waals surface area contributed by atoms with Gasteiger partial charge in [0.1, 0.15) is 23.3 Å². The number of nitrogens with zero attached hydrogens (tertiary/aromatic N) is 8. The summed E-state index contributed by atoms with van der Waals surface area (Å²) in [6.07, 6.45) is 20.5. The van der Waals surface area contributed by atoms with Crippen LogP contribution in [-0.4, -0.2) is 90.1 Å². The number of carboxylic acid groups (broad SMARTS) is 4. The molecule has 0 fully saturated rings. The summed E-state index contributed by atoms with van der Waals surface area (Å²) in [4.78, 5) is 97.7. The average molecular weight is 1790 g/mol. The van der Waals surface area contributed by atoms with Crippen LogP contribution in [0.5, 0.6) is 0 Å². The van der Waals surface area contributed by atoms with Gasteiger partial charge < -0.3 is 47.0 Å². The summed E-state index contributed by atoms with van der Waals surface area (Å²) >= 11 is 6.24. The fourth-order valence-electron chi connectivity index (χ4n) is 13.4. The predicted octanol–water partition coefficient (Wildman–Crippen LogP) is 25.3. The summed E-state index contributed by atoms with van der Waals surface area (Å²) in [5.74, 6) is 1.65. The van der Waals surface area contributed by atoms with E-state index in [-0.39, 0.29) is 29.0 Å². The fourth-order valence-corrected chi connectivity index (χ4v) is 16.7. The number of thiophene rings is 4. The zero-order valence-corrected chi connectivity index (χ0v) is 75.3. The molecule has 0 saturated heterocycles. The first kappa shape index (κ1) is 93.1. The average Bonchev–Trinajstić information content (AvgIpc) is 1.80. The smallest absolute Gasteiger partial charge is 0.335 e. The Kier molecular flexibility index (Phi) is 33.0. The van der Waals surface area contributed by atoms with Crippen molar-refractivity contribution in [3.05, 3.63) is 361 Å². The van der Waals surface area contributed by atoms with Crippen LogP contribution in [0, 0.1) is 13.8 Å².